The van der Waals surface area contributed by atoms with Crippen molar-refractivity contribution < 1.29 is 14.4 Å². The lowest BCUT2D eigenvalue weighted by Crippen LogP contribution is -2.31. The van der Waals surface area contributed by atoms with E-state index in [1.54, 1.807) is 12.1 Å². The number of aryl methyl sites for hydroxylation is 1. The fraction of sp³-hybridized carbons (Fsp3) is 0.263. The van der Waals surface area contributed by atoms with Crippen molar-refractivity contribution in [1.82, 2.24) is 4.31 Å². The Morgan fingerprint density at radius 1 is 1.14 bits per heavy atom. The maximum atomic E-state index is 12.9. The summed E-state index contributed by atoms with van der Waals surface area (Å²) in [5, 5.41) is 3.91. The molecule has 0 spiro atoms. The monoisotopic (exact) mass is 460 g/mol. The first-order valence-electron chi connectivity index (χ1n) is 8.14. The molecule has 0 atom stereocenters. The van der Waals surface area contributed by atoms with Crippen molar-refractivity contribution in [3.63, 3.8) is 0 Å². The molecular weight excluding hydrogens is 443 g/mol. The van der Waals surface area contributed by atoms with Crippen molar-refractivity contribution in [1.29, 1.82) is 0 Å². The number of carbonyl (C=O) groups excluding carboxylic acids is 1. The highest BCUT2D eigenvalue weighted by Crippen LogP contribution is 2.40. The van der Waals surface area contributed by atoms with E-state index >= 15 is 0 Å². The standard InChI is InChI=1S/C19H19Cl3N2O3S/c1-13-8-4-7-11-16(13)27-12-14-9-5-6-10-15(14)17(23-26-3)18(25)24(2)28-19(20,21)22/h4-11H,12H2,1-3H3/b23-17-. The highest BCUT2D eigenvalue weighted by Gasteiger charge is 2.30. The van der Waals surface area contributed by atoms with Gasteiger partial charge in [-0.3, -0.25) is 9.10 Å². The van der Waals surface area contributed by atoms with Crippen LogP contribution in [0.1, 0.15) is 16.7 Å². The number of oxime groups is 1. The summed E-state index contributed by atoms with van der Waals surface area (Å²) in [7, 11) is 2.86. The van der Waals surface area contributed by atoms with Gasteiger partial charge in [0.2, 0.25) is 0 Å². The van der Waals surface area contributed by atoms with E-state index in [1.807, 2.05) is 43.3 Å². The van der Waals surface area contributed by atoms with Gasteiger partial charge in [-0.05, 0) is 24.1 Å². The lowest BCUT2D eigenvalue weighted by molar-refractivity contribution is -0.118. The molecule has 5 nitrogen and oxygen atoms in total. The molecule has 0 unspecified atom stereocenters. The fourth-order valence-corrected chi connectivity index (χ4v) is 3.80. The molecule has 150 valence electrons. The number of carbonyl (C=O) groups is 1. The van der Waals surface area contributed by atoms with Crippen molar-refractivity contribution in [2.75, 3.05) is 14.2 Å². The van der Waals surface area contributed by atoms with E-state index in [2.05, 4.69) is 5.16 Å². The zero-order valence-corrected chi connectivity index (χ0v) is 18.6. The number of halogens is 3. The van der Waals surface area contributed by atoms with Gasteiger partial charge in [0.1, 0.15) is 19.5 Å². The minimum absolute atomic E-state index is 0.0794. The molecule has 0 N–H and O–H groups in total. The Balaban J connectivity index is 2.29. The zero-order valence-electron chi connectivity index (χ0n) is 15.5. The number of hydrogen-bond acceptors (Lipinski definition) is 5. The van der Waals surface area contributed by atoms with Crippen molar-refractivity contribution in [3.05, 3.63) is 65.2 Å². The number of nitrogens with zero attached hydrogens (tertiary/aromatic N) is 2. The van der Waals surface area contributed by atoms with E-state index < -0.39 is 9.03 Å². The van der Waals surface area contributed by atoms with E-state index in [1.165, 1.54) is 18.5 Å². The minimum atomic E-state index is -1.68. The molecule has 2 aromatic carbocycles. The number of benzene rings is 2. The van der Waals surface area contributed by atoms with Gasteiger partial charge in [0.05, 0.1) is 0 Å². The Morgan fingerprint density at radius 2 is 1.79 bits per heavy atom. The Morgan fingerprint density at radius 3 is 2.43 bits per heavy atom. The van der Waals surface area contributed by atoms with Crippen molar-refractivity contribution in [3.8, 4) is 5.75 Å². The smallest absolute Gasteiger partial charge is 0.286 e. The van der Waals surface area contributed by atoms with Gasteiger partial charge < -0.3 is 9.57 Å². The molecule has 0 radical (unpaired) electrons. The van der Waals surface area contributed by atoms with Crippen LogP contribution in [-0.4, -0.2) is 33.2 Å². The first-order chi connectivity index (χ1) is 13.2. The van der Waals surface area contributed by atoms with Crippen LogP contribution in [0, 0.1) is 6.92 Å². The Hall–Kier alpha value is -1.60. The van der Waals surface area contributed by atoms with Gasteiger partial charge in [-0.25, -0.2) is 0 Å². The molecule has 0 aliphatic carbocycles. The van der Waals surface area contributed by atoms with Gasteiger partial charge in [-0.1, -0.05) is 82.4 Å². The van der Waals surface area contributed by atoms with Crippen LogP contribution >= 0.6 is 46.8 Å². The zero-order chi connectivity index (χ0) is 20.7. The molecule has 0 fully saturated rings. The van der Waals surface area contributed by atoms with Gasteiger partial charge >= 0.3 is 0 Å². The van der Waals surface area contributed by atoms with Gasteiger partial charge in [0.25, 0.3) is 9.03 Å². The largest absolute Gasteiger partial charge is 0.489 e. The molecule has 1 amide bonds. The van der Waals surface area contributed by atoms with E-state index in [0.29, 0.717) is 5.56 Å². The Kier molecular flexibility index (Phi) is 8.31. The third-order valence-corrected chi connectivity index (χ3v) is 4.93. The van der Waals surface area contributed by atoms with Crippen LogP contribution in [0.2, 0.25) is 0 Å². The molecule has 2 aromatic rings. The van der Waals surface area contributed by atoms with Crippen LogP contribution in [0.4, 0.5) is 0 Å². The number of likely N-dealkylation sites (N-methyl/N-ethyl adjacent to an activating group) is 1. The summed E-state index contributed by atoms with van der Waals surface area (Å²) in [5.41, 5.74) is 2.43. The van der Waals surface area contributed by atoms with E-state index in [-0.39, 0.29) is 12.3 Å². The summed E-state index contributed by atoms with van der Waals surface area (Å²) in [6.07, 6.45) is 0. The SMILES string of the molecule is CO/N=C(\C(=O)N(C)SC(Cl)(Cl)Cl)c1ccccc1COc1ccccc1C. The quantitative estimate of drug-likeness (QED) is 0.241. The molecule has 0 aromatic heterocycles. The summed E-state index contributed by atoms with van der Waals surface area (Å²) >= 11 is 18.1. The van der Waals surface area contributed by atoms with Crippen LogP contribution in [0.3, 0.4) is 0 Å². The third-order valence-electron chi connectivity index (χ3n) is 3.66. The first-order valence-corrected chi connectivity index (χ1v) is 10.1. The summed E-state index contributed by atoms with van der Waals surface area (Å²) in [4.78, 5) is 17.8. The molecule has 0 aliphatic rings. The second kappa shape index (κ2) is 10.3. The Bertz CT molecular complexity index is 856. The molecule has 9 heteroatoms. The number of hydrogen-bond donors (Lipinski definition) is 0. The molecule has 0 saturated heterocycles. The van der Waals surface area contributed by atoms with Gasteiger partial charge in [-0.2, -0.15) is 0 Å². The average Bonchev–Trinajstić information content (AvgIpc) is 2.64. The van der Waals surface area contributed by atoms with E-state index in [0.717, 1.165) is 28.8 Å². The molecular formula is C19H19Cl3N2O3S. The second-order valence-electron chi connectivity index (χ2n) is 5.67. The van der Waals surface area contributed by atoms with Crippen LogP contribution in [0.25, 0.3) is 0 Å². The van der Waals surface area contributed by atoms with Crippen LogP contribution in [0.5, 0.6) is 5.75 Å². The van der Waals surface area contributed by atoms with Crippen molar-refractivity contribution in [2.45, 2.75) is 16.7 Å². The normalized spacial score (nSPS) is 11.9. The van der Waals surface area contributed by atoms with Gasteiger partial charge in [-0.15, -0.1) is 0 Å². The van der Waals surface area contributed by atoms with E-state index in [9.17, 15) is 4.79 Å². The number of amides is 1. The predicted octanol–water partition coefficient (Wildman–Crippen LogP) is 5.36. The second-order valence-corrected chi connectivity index (χ2v) is 9.97. The first kappa shape index (κ1) is 22.7. The average molecular weight is 462 g/mol. The highest BCUT2D eigenvalue weighted by molar-refractivity contribution is 8.03. The summed E-state index contributed by atoms with van der Waals surface area (Å²) in [5.74, 6) is 0.291. The summed E-state index contributed by atoms with van der Waals surface area (Å²) in [6.45, 7) is 2.21. The molecule has 0 saturated carbocycles. The lowest BCUT2D eigenvalue weighted by Gasteiger charge is -2.21. The van der Waals surface area contributed by atoms with Crippen LogP contribution in [-0.2, 0) is 16.2 Å². The van der Waals surface area contributed by atoms with Crippen LogP contribution < -0.4 is 4.74 Å². The number of ether oxygens (including phenoxy) is 1. The van der Waals surface area contributed by atoms with E-state index in [4.69, 9.17) is 44.4 Å². The molecule has 0 heterocycles. The topological polar surface area (TPSA) is 51.1 Å². The number of rotatable bonds is 7. The molecule has 28 heavy (non-hydrogen) atoms. The minimum Gasteiger partial charge on any atom is -0.489 e. The van der Waals surface area contributed by atoms with Gasteiger partial charge in [0, 0.05) is 24.6 Å². The number of alkyl halides is 3. The van der Waals surface area contributed by atoms with Crippen molar-refractivity contribution in [2.24, 2.45) is 5.16 Å². The van der Waals surface area contributed by atoms with Gasteiger partial charge in [0.15, 0.2) is 5.71 Å². The lowest BCUT2D eigenvalue weighted by atomic mass is 10.0. The Labute approximate surface area is 183 Å². The maximum absolute atomic E-state index is 12.9. The maximum Gasteiger partial charge on any atom is 0.286 e. The highest BCUT2D eigenvalue weighted by atomic mass is 35.6. The van der Waals surface area contributed by atoms with Crippen molar-refractivity contribution >= 4 is 58.4 Å². The molecule has 0 aliphatic heterocycles. The van der Waals surface area contributed by atoms with Crippen LogP contribution in [0.15, 0.2) is 53.7 Å². The number of para-hydroxylation sites is 1. The summed E-state index contributed by atoms with van der Waals surface area (Å²) < 4.78 is 5.44. The predicted molar refractivity (Wildman–Crippen MR) is 116 cm³/mol. The molecule has 2 rings (SSSR count). The third kappa shape index (κ3) is 6.48. The summed E-state index contributed by atoms with van der Waals surface area (Å²) in [6, 6.07) is 15.0. The fourth-order valence-electron chi connectivity index (χ4n) is 2.39. The molecule has 0 bridgehead atoms.